The number of fused-ring (bicyclic) bond motifs is 1. The average molecular weight is 208 g/mol. The summed E-state index contributed by atoms with van der Waals surface area (Å²) in [6, 6.07) is 0. The summed E-state index contributed by atoms with van der Waals surface area (Å²) in [5, 5.41) is 9.47. The minimum absolute atomic E-state index is 0.0302. The van der Waals surface area contributed by atoms with Gasteiger partial charge in [0.25, 0.3) is 0 Å². The Hall–Kier alpha value is -0.830. The molecule has 0 fully saturated rings. The first-order valence-electron chi connectivity index (χ1n) is 5.73. The monoisotopic (exact) mass is 208 g/mol. The number of aryl methyl sites for hydroxylation is 1. The molecule has 15 heavy (non-hydrogen) atoms. The highest BCUT2D eigenvalue weighted by molar-refractivity contribution is 5.24. The van der Waals surface area contributed by atoms with Crippen molar-refractivity contribution in [3.8, 4) is 0 Å². The maximum absolute atomic E-state index is 9.47. The molecular formula is C12H20N2O. The van der Waals surface area contributed by atoms with E-state index < -0.39 is 0 Å². The summed E-state index contributed by atoms with van der Waals surface area (Å²) < 4.78 is 2.21. The quantitative estimate of drug-likeness (QED) is 0.766. The number of aromatic nitrogens is 2. The van der Waals surface area contributed by atoms with E-state index in [9.17, 15) is 5.11 Å². The van der Waals surface area contributed by atoms with Gasteiger partial charge < -0.3 is 9.67 Å². The molecule has 0 radical (unpaired) electrons. The molecule has 0 spiro atoms. The molecule has 0 bridgehead atoms. The number of hydrogen-bond acceptors (Lipinski definition) is 2. The first-order chi connectivity index (χ1) is 7.04. The SMILES string of the molecule is CC(C)(C)c1nc2n(c1CO)CCCC2. The molecule has 1 aliphatic heterocycles. The number of imidazole rings is 1. The fourth-order valence-corrected chi connectivity index (χ4v) is 2.31. The largest absolute Gasteiger partial charge is 0.390 e. The first-order valence-corrected chi connectivity index (χ1v) is 5.73. The zero-order valence-corrected chi connectivity index (χ0v) is 9.88. The molecule has 84 valence electrons. The fraction of sp³-hybridized carbons (Fsp3) is 0.750. The number of aliphatic hydroxyl groups excluding tert-OH is 1. The molecule has 3 heteroatoms. The second-order valence-corrected chi connectivity index (χ2v) is 5.34. The van der Waals surface area contributed by atoms with E-state index in [-0.39, 0.29) is 12.0 Å². The number of hydrogen-bond donors (Lipinski definition) is 1. The Labute approximate surface area is 91.1 Å². The predicted molar refractivity (Wildman–Crippen MR) is 59.8 cm³/mol. The van der Waals surface area contributed by atoms with Crippen LogP contribution in [0.3, 0.4) is 0 Å². The molecule has 2 heterocycles. The van der Waals surface area contributed by atoms with E-state index in [4.69, 9.17) is 4.98 Å². The highest BCUT2D eigenvalue weighted by Gasteiger charge is 2.26. The van der Waals surface area contributed by atoms with E-state index in [1.54, 1.807) is 0 Å². The van der Waals surface area contributed by atoms with Crippen LogP contribution >= 0.6 is 0 Å². The lowest BCUT2D eigenvalue weighted by Gasteiger charge is -2.18. The molecule has 1 aliphatic rings. The van der Waals surface area contributed by atoms with E-state index in [0.29, 0.717) is 0 Å². The highest BCUT2D eigenvalue weighted by Crippen LogP contribution is 2.28. The molecular weight excluding hydrogens is 188 g/mol. The summed E-state index contributed by atoms with van der Waals surface area (Å²) in [5.74, 6) is 1.16. The molecule has 0 aliphatic carbocycles. The second kappa shape index (κ2) is 3.63. The Bertz CT molecular complexity index is 360. The van der Waals surface area contributed by atoms with Crippen molar-refractivity contribution in [2.24, 2.45) is 0 Å². The van der Waals surface area contributed by atoms with Crippen LogP contribution in [-0.2, 0) is 25.0 Å². The van der Waals surface area contributed by atoms with Gasteiger partial charge in [0.15, 0.2) is 0 Å². The lowest BCUT2D eigenvalue weighted by molar-refractivity contribution is 0.264. The molecule has 0 saturated carbocycles. The van der Waals surface area contributed by atoms with E-state index in [2.05, 4.69) is 25.3 Å². The van der Waals surface area contributed by atoms with Crippen LogP contribution in [0.25, 0.3) is 0 Å². The van der Waals surface area contributed by atoms with Gasteiger partial charge in [-0.2, -0.15) is 0 Å². The second-order valence-electron chi connectivity index (χ2n) is 5.34. The van der Waals surface area contributed by atoms with Crippen molar-refractivity contribution < 1.29 is 5.11 Å². The zero-order chi connectivity index (χ0) is 11.1. The molecule has 1 aromatic heterocycles. The van der Waals surface area contributed by atoms with Gasteiger partial charge in [-0.3, -0.25) is 0 Å². The molecule has 2 rings (SSSR count). The van der Waals surface area contributed by atoms with Crippen molar-refractivity contribution in [2.75, 3.05) is 0 Å². The zero-order valence-electron chi connectivity index (χ0n) is 9.88. The molecule has 3 nitrogen and oxygen atoms in total. The van der Waals surface area contributed by atoms with Crippen LogP contribution in [-0.4, -0.2) is 14.7 Å². The van der Waals surface area contributed by atoms with Gasteiger partial charge in [0.2, 0.25) is 0 Å². The van der Waals surface area contributed by atoms with E-state index >= 15 is 0 Å². The van der Waals surface area contributed by atoms with Crippen molar-refractivity contribution >= 4 is 0 Å². The van der Waals surface area contributed by atoms with Gasteiger partial charge in [0.05, 0.1) is 18.0 Å². The molecule has 0 unspecified atom stereocenters. The number of aliphatic hydroxyl groups is 1. The Balaban J connectivity index is 2.51. The normalized spacial score (nSPS) is 16.5. The van der Waals surface area contributed by atoms with Crippen molar-refractivity contribution in [3.05, 3.63) is 17.2 Å². The van der Waals surface area contributed by atoms with Crippen molar-refractivity contribution in [3.63, 3.8) is 0 Å². The van der Waals surface area contributed by atoms with Crippen molar-refractivity contribution in [1.29, 1.82) is 0 Å². The van der Waals surface area contributed by atoms with E-state index in [0.717, 1.165) is 30.2 Å². The van der Waals surface area contributed by atoms with Gasteiger partial charge in [-0.05, 0) is 12.8 Å². The average Bonchev–Trinajstić information content (AvgIpc) is 2.55. The van der Waals surface area contributed by atoms with Crippen LogP contribution in [0.1, 0.15) is 50.8 Å². The molecule has 1 N–H and O–H groups in total. The maximum atomic E-state index is 9.47. The molecule has 1 aromatic rings. The molecule has 0 atom stereocenters. The third-order valence-electron chi connectivity index (χ3n) is 3.04. The smallest absolute Gasteiger partial charge is 0.109 e. The van der Waals surface area contributed by atoms with E-state index in [1.165, 1.54) is 12.8 Å². The summed E-state index contributed by atoms with van der Waals surface area (Å²) in [6.07, 6.45) is 3.49. The summed E-state index contributed by atoms with van der Waals surface area (Å²) >= 11 is 0. The number of nitrogens with zero attached hydrogens (tertiary/aromatic N) is 2. The summed E-state index contributed by atoms with van der Waals surface area (Å²) in [4.78, 5) is 4.70. The standard InChI is InChI=1S/C12H20N2O/c1-12(2,3)11-9(8-15)14-7-5-4-6-10(14)13-11/h15H,4-8H2,1-3H3. The summed E-state index contributed by atoms with van der Waals surface area (Å²) in [7, 11) is 0. The summed E-state index contributed by atoms with van der Waals surface area (Å²) in [5.41, 5.74) is 2.13. The predicted octanol–water partition coefficient (Wildman–Crippen LogP) is 2.01. The van der Waals surface area contributed by atoms with Crippen LogP contribution in [0.5, 0.6) is 0 Å². The van der Waals surface area contributed by atoms with Crippen LogP contribution < -0.4 is 0 Å². The van der Waals surface area contributed by atoms with Gasteiger partial charge in [-0.25, -0.2) is 4.98 Å². The van der Waals surface area contributed by atoms with Gasteiger partial charge >= 0.3 is 0 Å². The molecule has 0 amide bonds. The Morgan fingerprint density at radius 3 is 2.67 bits per heavy atom. The Morgan fingerprint density at radius 1 is 1.33 bits per heavy atom. The lowest BCUT2D eigenvalue weighted by atomic mass is 9.91. The van der Waals surface area contributed by atoms with Crippen LogP contribution in [0, 0.1) is 0 Å². The minimum Gasteiger partial charge on any atom is -0.390 e. The minimum atomic E-state index is 0.0302. The van der Waals surface area contributed by atoms with Crippen LogP contribution in [0.15, 0.2) is 0 Å². The van der Waals surface area contributed by atoms with Gasteiger partial charge in [-0.15, -0.1) is 0 Å². The third-order valence-corrected chi connectivity index (χ3v) is 3.04. The Kier molecular flexibility index (Phi) is 2.59. The van der Waals surface area contributed by atoms with Gasteiger partial charge in [0, 0.05) is 18.4 Å². The fourth-order valence-electron chi connectivity index (χ4n) is 2.31. The maximum Gasteiger partial charge on any atom is 0.109 e. The molecule has 0 saturated heterocycles. The Morgan fingerprint density at radius 2 is 2.07 bits per heavy atom. The van der Waals surface area contributed by atoms with Crippen LogP contribution in [0.4, 0.5) is 0 Å². The summed E-state index contributed by atoms with van der Waals surface area (Å²) in [6.45, 7) is 7.59. The van der Waals surface area contributed by atoms with E-state index in [1.807, 2.05) is 0 Å². The number of rotatable bonds is 1. The van der Waals surface area contributed by atoms with Crippen molar-refractivity contribution in [1.82, 2.24) is 9.55 Å². The van der Waals surface area contributed by atoms with Gasteiger partial charge in [0.1, 0.15) is 5.82 Å². The lowest BCUT2D eigenvalue weighted by Crippen LogP contribution is -2.16. The van der Waals surface area contributed by atoms with Crippen LogP contribution in [0.2, 0.25) is 0 Å². The molecule has 0 aromatic carbocycles. The van der Waals surface area contributed by atoms with Gasteiger partial charge in [-0.1, -0.05) is 20.8 Å². The first kappa shape index (κ1) is 10.7. The third kappa shape index (κ3) is 1.81. The highest BCUT2D eigenvalue weighted by atomic mass is 16.3. The van der Waals surface area contributed by atoms with Crippen molar-refractivity contribution in [2.45, 2.75) is 58.6 Å². The topological polar surface area (TPSA) is 38.0 Å².